The molecule has 6 nitrogen and oxygen atoms in total. The number of halogens is 1. The molecule has 0 saturated carbocycles. The van der Waals surface area contributed by atoms with Gasteiger partial charge in [0.25, 0.3) is 5.91 Å². The number of rotatable bonds is 7. The van der Waals surface area contributed by atoms with E-state index in [-0.39, 0.29) is 18.3 Å². The smallest absolute Gasteiger partial charge is 0.262 e. The van der Waals surface area contributed by atoms with Gasteiger partial charge in [0, 0.05) is 12.7 Å². The molecule has 0 aliphatic carbocycles. The lowest BCUT2D eigenvalue weighted by Gasteiger charge is -2.08. The monoisotopic (exact) mass is 306 g/mol. The second kappa shape index (κ2) is 7.56. The molecule has 118 valence electrons. The quantitative estimate of drug-likeness (QED) is 0.844. The van der Waals surface area contributed by atoms with Crippen molar-refractivity contribution in [1.82, 2.24) is 14.7 Å². The lowest BCUT2D eigenvalue weighted by Crippen LogP contribution is -2.20. The summed E-state index contributed by atoms with van der Waals surface area (Å²) < 4.78 is 19.8. The predicted octanol–water partition coefficient (Wildman–Crippen LogP) is 1.60. The second-order valence-electron chi connectivity index (χ2n) is 5.09. The van der Waals surface area contributed by atoms with Gasteiger partial charge in [-0.2, -0.15) is 5.10 Å². The zero-order valence-corrected chi connectivity index (χ0v) is 12.6. The van der Waals surface area contributed by atoms with Gasteiger partial charge in [0.2, 0.25) is 0 Å². The minimum absolute atomic E-state index is 0.144. The Morgan fingerprint density at radius 2 is 2.09 bits per heavy atom. The van der Waals surface area contributed by atoms with E-state index in [1.165, 1.54) is 24.3 Å². The summed E-state index contributed by atoms with van der Waals surface area (Å²) in [6, 6.07) is 5.51. The number of ether oxygens (including phenoxy) is 1. The number of aromatic nitrogens is 2. The number of hydrogen-bond acceptors (Lipinski definition) is 4. The Balaban J connectivity index is 1.78. The minimum atomic E-state index is -0.345. The van der Waals surface area contributed by atoms with Crippen molar-refractivity contribution in [3.8, 4) is 5.75 Å². The molecule has 22 heavy (non-hydrogen) atoms. The van der Waals surface area contributed by atoms with Gasteiger partial charge in [0.15, 0.2) is 6.61 Å². The van der Waals surface area contributed by atoms with Gasteiger partial charge in [-0.1, -0.05) is 0 Å². The first-order valence-corrected chi connectivity index (χ1v) is 6.88. The average Bonchev–Trinajstić information content (AvgIpc) is 2.92. The van der Waals surface area contributed by atoms with E-state index < -0.39 is 0 Å². The summed E-state index contributed by atoms with van der Waals surface area (Å²) in [5.74, 6) is -0.198. The summed E-state index contributed by atoms with van der Waals surface area (Å²) >= 11 is 0. The lowest BCUT2D eigenvalue weighted by atomic mass is 10.3. The largest absolute Gasteiger partial charge is 0.484 e. The summed E-state index contributed by atoms with van der Waals surface area (Å²) in [4.78, 5) is 13.8. The molecule has 0 spiro atoms. The highest BCUT2D eigenvalue weighted by Crippen LogP contribution is 2.11. The zero-order valence-electron chi connectivity index (χ0n) is 12.6. The molecule has 1 heterocycles. The van der Waals surface area contributed by atoms with Gasteiger partial charge >= 0.3 is 0 Å². The summed E-state index contributed by atoms with van der Waals surface area (Å²) in [5, 5.41) is 6.86. The first-order chi connectivity index (χ1) is 10.5. The fourth-order valence-electron chi connectivity index (χ4n) is 1.73. The van der Waals surface area contributed by atoms with Crippen LogP contribution in [0, 0.1) is 5.82 Å². The molecule has 0 radical (unpaired) electrons. The molecule has 0 unspecified atom stereocenters. The molecule has 0 aliphatic heterocycles. The van der Waals surface area contributed by atoms with Crippen LogP contribution >= 0.6 is 0 Å². The Morgan fingerprint density at radius 1 is 1.36 bits per heavy atom. The fraction of sp³-hybridized carbons (Fsp3) is 0.333. The highest BCUT2D eigenvalue weighted by molar-refractivity contribution is 5.91. The number of nitrogens with zero attached hydrogens (tertiary/aromatic N) is 3. The van der Waals surface area contributed by atoms with Crippen molar-refractivity contribution in [3.63, 3.8) is 0 Å². The Bertz CT molecular complexity index is 610. The third kappa shape index (κ3) is 5.17. The summed E-state index contributed by atoms with van der Waals surface area (Å²) in [7, 11) is 3.97. The van der Waals surface area contributed by atoms with Gasteiger partial charge in [0.05, 0.1) is 18.4 Å². The number of carbonyl (C=O) groups is 1. The highest BCUT2D eigenvalue weighted by Gasteiger charge is 2.06. The van der Waals surface area contributed by atoms with Crippen molar-refractivity contribution in [2.45, 2.75) is 6.54 Å². The normalized spacial score (nSPS) is 10.7. The summed E-state index contributed by atoms with van der Waals surface area (Å²) in [5.41, 5.74) is 0.617. The average molecular weight is 306 g/mol. The van der Waals surface area contributed by atoms with E-state index in [1.54, 1.807) is 17.1 Å². The molecule has 1 N–H and O–H groups in total. The van der Waals surface area contributed by atoms with E-state index in [9.17, 15) is 9.18 Å². The molecule has 0 bridgehead atoms. The van der Waals surface area contributed by atoms with Crippen LogP contribution in [0.25, 0.3) is 0 Å². The maximum atomic E-state index is 12.7. The van der Waals surface area contributed by atoms with Crippen molar-refractivity contribution in [2.24, 2.45) is 0 Å². The van der Waals surface area contributed by atoms with E-state index in [2.05, 4.69) is 15.3 Å². The zero-order chi connectivity index (χ0) is 15.9. The molecular formula is C15H19FN4O2. The number of amides is 1. The molecule has 7 heteroatoms. The van der Waals surface area contributed by atoms with Crippen molar-refractivity contribution in [1.29, 1.82) is 0 Å². The first kappa shape index (κ1) is 16.0. The third-order valence-electron chi connectivity index (χ3n) is 2.88. The molecule has 2 aromatic rings. The number of likely N-dealkylation sites (N-methyl/N-ethyl adjacent to an activating group) is 1. The molecule has 0 saturated heterocycles. The van der Waals surface area contributed by atoms with E-state index in [1.807, 2.05) is 14.1 Å². The van der Waals surface area contributed by atoms with E-state index in [4.69, 9.17) is 4.74 Å². The number of nitrogens with one attached hydrogen (secondary N) is 1. The molecule has 0 fully saturated rings. The Hall–Kier alpha value is -2.41. The fourth-order valence-corrected chi connectivity index (χ4v) is 1.73. The molecule has 0 aliphatic rings. The van der Waals surface area contributed by atoms with Gasteiger partial charge in [-0.05, 0) is 38.4 Å². The third-order valence-corrected chi connectivity index (χ3v) is 2.88. The van der Waals surface area contributed by atoms with E-state index in [0.29, 0.717) is 11.4 Å². The van der Waals surface area contributed by atoms with Crippen LogP contribution in [-0.2, 0) is 11.3 Å². The van der Waals surface area contributed by atoms with E-state index >= 15 is 0 Å². The SMILES string of the molecule is CN(C)CCn1cc(NC(=O)COc2ccc(F)cc2)cn1. The Kier molecular flexibility index (Phi) is 5.48. The van der Waals surface area contributed by atoms with Crippen molar-refractivity contribution < 1.29 is 13.9 Å². The van der Waals surface area contributed by atoms with Crippen LogP contribution in [0.3, 0.4) is 0 Å². The standard InChI is InChI=1S/C15H19FN4O2/c1-19(2)7-8-20-10-13(9-17-20)18-15(21)11-22-14-5-3-12(16)4-6-14/h3-6,9-10H,7-8,11H2,1-2H3,(H,18,21). The lowest BCUT2D eigenvalue weighted by molar-refractivity contribution is -0.118. The molecule has 1 amide bonds. The molecular weight excluding hydrogens is 287 g/mol. The molecule has 0 atom stereocenters. The molecule has 2 rings (SSSR count). The van der Waals surface area contributed by atoms with Gasteiger partial charge in [-0.3, -0.25) is 9.48 Å². The predicted molar refractivity (Wildman–Crippen MR) is 81.3 cm³/mol. The van der Waals surface area contributed by atoms with Gasteiger partial charge < -0.3 is 15.0 Å². The highest BCUT2D eigenvalue weighted by atomic mass is 19.1. The van der Waals surface area contributed by atoms with Crippen molar-refractivity contribution >= 4 is 11.6 Å². The van der Waals surface area contributed by atoms with Crippen molar-refractivity contribution in [3.05, 3.63) is 42.5 Å². The van der Waals surface area contributed by atoms with Crippen LogP contribution in [0.4, 0.5) is 10.1 Å². The number of benzene rings is 1. The van der Waals surface area contributed by atoms with Crippen LogP contribution in [0.1, 0.15) is 0 Å². The summed E-state index contributed by atoms with van der Waals surface area (Å²) in [6.07, 6.45) is 3.35. The van der Waals surface area contributed by atoms with Gasteiger partial charge in [0.1, 0.15) is 11.6 Å². The number of carbonyl (C=O) groups excluding carboxylic acids is 1. The topological polar surface area (TPSA) is 59.4 Å². The maximum absolute atomic E-state index is 12.7. The molecule has 1 aromatic heterocycles. The Labute approximate surface area is 128 Å². The number of hydrogen-bond donors (Lipinski definition) is 1. The first-order valence-electron chi connectivity index (χ1n) is 6.88. The minimum Gasteiger partial charge on any atom is -0.484 e. The van der Waals surface area contributed by atoms with E-state index in [0.717, 1.165) is 13.1 Å². The summed E-state index contributed by atoms with van der Waals surface area (Å²) in [6.45, 7) is 1.46. The van der Waals surface area contributed by atoms with Crippen LogP contribution in [0.2, 0.25) is 0 Å². The number of anilines is 1. The Morgan fingerprint density at radius 3 is 2.77 bits per heavy atom. The van der Waals surface area contributed by atoms with Gasteiger partial charge in [-0.15, -0.1) is 0 Å². The van der Waals surface area contributed by atoms with Crippen LogP contribution in [0.5, 0.6) is 5.75 Å². The molecule has 1 aromatic carbocycles. The van der Waals surface area contributed by atoms with Gasteiger partial charge in [-0.25, -0.2) is 4.39 Å². The van der Waals surface area contributed by atoms with Crippen LogP contribution in [0.15, 0.2) is 36.7 Å². The van der Waals surface area contributed by atoms with Crippen LogP contribution in [-0.4, -0.2) is 47.8 Å². The van der Waals surface area contributed by atoms with Crippen LogP contribution < -0.4 is 10.1 Å². The second-order valence-corrected chi connectivity index (χ2v) is 5.09. The maximum Gasteiger partial charge on any atom is 0.262 e. The van der Waals surface area contributed by atoms with Crippen molar-refractivity contribution in [2.75, 3.05) is 32.6 Å².